The van der Waals surface area contributed by atoms with E-state index < -0.39 is 17.6 Å². The van der Waals surface area contributed by atoms with Crippen molar-refractivity contribution in [3.05, 3.63) is 24.3 Å². The molecule has 0 unspecified atom stereocenters. The standard InChI is InChI=1S/C18H25N3O4/c1-25-14-6-4-13(5-7-14)20-18(8-2-3-9-18)17(24)21-11-10-19-15(12-21)16(22)23/h4-7,15,19-20H,2-3,8-12H2,1H3,(H,22,23)/t15-/m1/s1. The normalized spacial score (nSPS) is 22.4. The molecule has 0 aromatic heterocycles. The summed E-state index contributed by atoms with van der Waals surface area (Å²) in [6.45, 7) is 1.25. The number of rotatable bonds is 5. The van der Waals surface area contributed by atoms with Crippen LogP contribution in [0.3, 0.4) is 0 Å². The Morgan fingerprint density at radius 2 is 1.96 bits per heavy atom. The molecule has 0 bridgehead atoms. The molecule has 1 aromatic rings. The molecule has 136 valence electrons. The lowest BCUT2D eigenvalue weighted by atomic mass is 9.94. The van der Waals surface area contributed by atoms with E-state index in [-0.39, 0.29) is 12.5 Å². The van der Waals surface area contributed by atoms with Gasteiger partial charge in [-0.1, -0.05) is 12.8 Å². The van der Waals surface area contributed by atoms with Crippen molar-refractivity contribution in [2.45, 2.75) is 37.3 Å². The maximum absolute atomic E-state index is 13.2. The summed E-state index contributed by atoms with van der Waals surface area (Å²) in [5.41, 5.74) is 0.232. The SMILES string of the molecule is COc1ccc(NC2(C(=O)N3CCN[C@@H](C(=O)O)C3)CCCC2)cc1. The van der Waals surface area contributed by atoms with Crippen molar-refractivity contribution in [1.82, 2.24) is 10.2 Å². The number of nitrogens with zero attached hydrogens (tertiary/aromatic N) is 1. The number of hydrogen-bond donors (Lipinski definition) is 3. The number of anilines is 1. The number of carboxylic acids is 1. The summed E-state index contributed by atoms with van der Waals surface area (Å²) >= 11 is 0. The lowest BCUT2D eigenvalue weighted by molar-refractivity contribution is -0.144. The first kappa shape index (κ1) is 17.5. The summed E-state index contributed by atoms with van der Waals surface area (Å²) in [5.74, 6) is -0.140. The molecule has 1 aliphatic heterocycles. The Hall–Kier alpha value is -2.28. The van der Waals surface area contributed by atoms with E-state index in [0.29, 0.717) is 13.1 Å². The second-order valence-electron chi connectivity index (χ2n) is 6.74. The van der Waals surface area contributed by atoms with Gasteiger partial charge in [-0.05, 0) is 37.1 Å². The lowest BCUT2D eigenvalue weighted by Gasteiger charge is -2.39. The summed E-state index contributed by atoms with van der Waals surface area (Å²) < 4.78 is 5.18. The molecule has 0 spiro atoms. The number of nitrogens with one attached hydrogen (secondary N) is 2. The molecular weight excluding hydrogens is 322 g/mol. The summed E-state index contributed by atoms with van der Waals surface area (Å²) in [6, 6.07) is 6.84. The number of aliphatic carboxylic acids is 1. The van der Waals surface area contributed by atoms with Gasteiger partial charge in [0.25, 0.3) is 0 Å². The summed E-state index contributed by atoms with van der Waals surface area (Å²) in [5, 5.41) is 15.6. The highest BCUT2D eigenvalue weighted by molar-refractivity contribution is 5.90. The largest absolute Gasteiger partial charge is 0.497 e. The van der Waals surface area contributed by atoms with Crippen LogP contribution in [0.25, 0.3) is 0 Å². The van der Waals surface area contributed by atoms with Gasteiger partial charge in [-0.3, -0.25) is 9.59 Å². The van der Waals surface area contributed by atoms with Crippen LogP contribution in [-0.2, 0) is 9.59 Å². The fourth-order valence-corrected chi connectivity index (χ4v) is 3.72. The van der Waals surface area contributed by atoms with Crippen molar-refractivity contribution in [3.8, 4) is 5.75 Å². The van der Waals surface area contributed by atoms with Gasteiger partial charge in [-0.2, -0.15) is 0 Å². The van der Waals surface area contributed by atoms with Gasteiger partial charge in [0.1, 0.15) is 17.3 Å². The molecule has 1 aromatic carbocycles. The van der Waals surface area contributed by atoms with Crippen LogP contribution in [0.5, 0.6) is 5.75 Å². The van der Waals surface area contributed by atoms with Crippen molar-refractivity contribution in [2.24, 2.45) is 0 Å². The van der Waals surface area contributed by atoms with E-state index in [1.165, 1.54) is 0 Å². The molecule has 2 fully saturated rings. The average molecular weight is 347 g/mol. The number of piperazine rings is 1. The minimum atomic E-state index is -0.916. The third-order valence-electron chi connectivity index (χ3n) is 5.10. The Morgan fingerprint density at radius 1 is 1.28 bits per heavy atom. The molecule has 3 rings (SSSR count). The minimum Gasteiger partial charge on any atom is -0.497 e. The molecule has 0 radical (unpaired) electrons. The van der Waals surface area contributed by atoms with Crippen LogP contribution in [-0.4, -0.2) is 60.2 Å². The number of amides is 1. The van der Waals surface area contributed by atoms with Crippen LogP contribution in [0.2, 0.25) is 0 Å². The maximum Gasteiger partial charge on any atom is 0.322 e. The van der Waals surface area contributed by atoms with E-state index in [0.717, 1.165) is 37.1 Å². The van der Waals surface area contributed by atoms with Gasteiger partial charge in [0, 0.05) is 25.3 Å². The van der Waals surface area contributed by atoms with E-state index in [1.54, 1.807) is 12.0 Å². The Morgan fingerprint density at radius 3 is 2.56 bits per heavy atom. The zero-order valence-electron chi connectivity index (χ0n) is 14.5. The summed E-state index contributed by atoms with van der Waals surface area (Å²) in [7, 11) is 1.62. The molecule has 2 aliphatic rings. The number of ether oxygens (including phenoxy) is 1. The second kappa shape index (κ2) is 7.31. The number of methoxy groups -OCH3 is 1. The van der Waals surface area contributed by atoms with Gasteiger partial charge in [0.15, 0.2) is 0 Å². The number of carbonyl (C=O) groups excluding carboxylic acids is 1. The number of carbonyl (C=O) groups is 2. The number of hydrogen-bond acceptors (Lipinski definition) is 5. The molecule has 7 heteroatoms. The Kier molecular flexibility index (Phi) is 5.13. The molecule has 7 nitrogen and oxygen atoms in total. The first-order valence-electron chi connectivity index (χ1n) is 8.72. The predicted molar refractivity (Wildman–Crippen MR) is 93.8 cm³/mol. The average Bonchev–Trinajstić information content (AvgIpc) is 3.11. The van der Waals surface area contributed by atoms with Crippen molar-refractivity contribution >= 4 is 17.6 Å². The Bertz CT molecular complexity index is 626. The highest BCUT2D eigenvalue weighted by Crippen LogP contribution is 2.35. The van der Waals surface area contributed by atoms with Crippen molar-refractivity contribution in [2.75, 3.05) is 32.1 Å². The third kappa shape index (κ3) is 3.71. The van der Waals surface area contributed by atoms with Gasteiger partial charge in [-0.15, -0.1) is 0 Å². The van der Waals surface area contributed by atoms with Crippen LogP contribution in [0.4, 0.5) is 5.69 Å². The van der Waals surface area contributed by atoms with Crippen molar-refractivity contribution < 1.29 is 19.4 Å². The van der Waals surface area contributed by atoms with E-state index in [9.17, 15) is 14.7 Å². The van der Waals surface area contributed by atoms with E-state index >= 15 is 0 Å². The second-order valence-corrected chi connectivity index (χ2v) is 6.74. The fourth-order valence-electron chi connectivity index (χ4n) is 3.72. The molecule has 3 N–H and O–H groups in total. The van der Waals surface area contributed by atoms with Gasteiger partial charge in [0.05, 0.1) is 7.11 Å². The van der Waals surface area contributed by atoms with E-state index in [4.69, 9.17) is 4.74 Å². The highest BCUT2D eigenvalue weighted by atomic mass is 16.5. The van der Waals surface area contributed by atoms with Gasteiger partial charge >= 0.3 is 5.97 Å². The fraction of sp³-hybridized carbons (Fsp3) is 0.556. The summed E-state index contributed by atoms with van der Waals surface area (Å²) in [6.07, 6.45) is 3.51. The zero-order chi connectivity index (χ0) is 17.9. The van der Waals surface area contributed by atoms with Crippen molar-refractivity contribution in [1.29, 1.82) is 0 Å². The Balaban J connectivity index is 1.76. The molecule has 1 heterocycles. The smallest absolute Gasteiger partial charge is 0.322 e. The topological polar surface area (TPSA) is 90.9 Å². The zero-order valence-corrected chi connectivity index (χ0v) is 14.5. The van der Waals surface area contributed by atoms with Gasteiger partial charge < -0.3 is 25.4 Å². The lowest BCUT2D eigenvalue weighted by Crippen LogP contribution is -2.61. The molecule has 1 aliphatic carbocycles. The third-order valence-corrected chi connectivity index (χ3v) is 5.10. The quantitative estimate of drug-likeness (QED) is 0.744. The van der Waals surface area contributed by atoms with Crippen LogP contribution in [0, 0.1) is 0 Å². The van der Waals surface area contributed by atoms with Crippen LogP contribution in [0.1, 0.15) is 25.7 Å². The van der Waals surface area contributed by atoms with Gasteiger partial charge in [-0.25, -0.2) is 0 Å². The molecule has 25 heavy (non-hydrogen) atoms. The van der Waals surface area contributed by atoms with Gasteiger partial charge in [0.2, 0.25) is 5.91 Å². The number of carboxylic acid groups (broad SMARTS) is 1. The minimum absolute atomic E-state index is 0.00793. The predicted octanol–water partition coefficient (Wildman–Crippen LogP) is 1.30. The van der Waals surface area contributed by atoms with Crippen LogP contribution < -0.4 is 15.4 Å². The van der Waals surface area contributed by atoms with Crippen molar-refractivity contribution in [3.63, 3.8) is 0 Å². The number of benzene rings is 1. The molecule has 1 saturated carbocycles. The first-order valence-corrected chi connectivity index (χ1v) is 8.72. The first-order chi connectivity index (χ1) is 12.0. The Labute approximate surface area is 147 Å². The molecule has 1 amide bonds. The summed E-state index contributed by atoms with van der Waals surface area (Å²) in [4.78, 5) is 26.2. The molecule has 1 atom stereocenters. The van der Waals surface area contributed by atoms with Crippen LogP contribution >= 0.6 is 0 Å². The van der Waals surface area contributed by atoms with E-state index in [1.807, 2.05) is 24.3 Å². The highest BCUT2D eigenvalue weighted by Gasteiger charge is 2.44. The molecule has 1 saturated heterocycles. The maximum atomic E-state index is 13.2. The molecular formula is C18H25N3O4. The monoisotopic (exact) mass is 347 g/mol. The van der Waals surface area contributed by atoms with E-state index in [2.05, 4.69) is 10.6 Å². The van der Waals surface area contributed by atoms with Crippen LogP contribution in [0.15, 0.2) is 24.3 Å².